The van der Waals surface area contributed by atoms with Crippen LogP contribution in [0.4, 0.5) is 17.2 Å². The number of piperazine rings is 1. The van der Waals surface area contributed by atoms with E-state index in [-0.39, 0.29) is 30.3 Å². The van der Waals surface area contributed by atoms with Crippen LogP contribution in [-0.2, 0) is 9.59 Å². The molecule has 9 rings (SSSR count). The Morgan fingerprint density at radius 1 is 0.877 bits per heavy atom. The first kappa shape index (κ1) is 37.0. The molecular formula is C41H42ClN9O6. The maximum absolute atomic E-state index is 13.3. The van der Waals surface area contributed by atoms with Crippen molar-refractivity contribution in [3.05, 3.63) is 81.8 Å². The molecule has 1 N–H and O–H groups in total. The molecule has 5 amide bonds. The highest BCUT2D eigenvalue weighted by Gasteiger charge is 2.55. The number of halogens is 1. The number of rotatable bonds is 8. The van der Waals surface area contributed by atoms with Crippen molar-refractivity contribution in [3.8, 4) is 5.75 Å². The molecule has 0 radical (unpaired) electrons. The van der Waals surface area contributed by atoms with Crippen LogP contribution in [0.5, 0.6) is 5.75 Å². The van der Waals surface area contributed by atoms with Crippen molar-refractivity contribution in [2.24, 2.45) is 11.3 Å². The second-order valence-electron chi connectivity index (χ2n) is 16.2. The highest BCUT2D eigenvalue weighted by molar-refractivity contribution is 6.33. The zero-order valence-electron chi connectivity index (χ0n) is 31.4. The molecule has 3 aromatic rings. The Morgan fingerprint density at radius 3 is 2.32 bits per heavy atom. The molecule has 1 aromatic heterocycles. The molecule has 16 heteroatoms. The van der Waals surface area contributed by atoms with Gasteiger partial charge in [-0.3, -0.25) is 39.1 Å². The van der Waals surface area contributed by atoms with E-state index in [1.807, 2.05) is 17.0 Å². The van der Waals surface area contributed by atoms with Crippen molar-refractivity contribution in [1.29, 1.82) is 0 Å². The number of fused-ring (bicyclic) bond motifs is 1. The van der Waals surface area contributed by atoms with Crippen LogP contribution in [0.3, 0.4) is 0 Å². The number of ether oxygens (including phenoxy) is 1. The lowest BCUT2D eigenvalue weighted by atomic mass is 9.61. The molecule has 0 bridgehead atoms. The maximum atomic E-state index is 13.3. The van der Waals surface area contributed by atoms with Crippen LogP contribution in [0.15, 0.2) is 48.5 Å². The van der Waals surface area contributed by atoms with Gasteiger partial charge in [-0.05, 0) is 80.5 Å². The van der Waals surface area contributed by atoms with Gasteiger partial charge in [0, 0.05) is 76.4 Å². The molecule has 1 saturated carbocycles. The number of benzene rings is 2. The number of aromatic nitrogens is 2. The normalized spacial score (nSPS) is 22.6. The van der Waals surface area contributed by atoms with Crippen molar-refractivity contribution in [3.63, 3.8) is 0 Å². The lowest BCUT2D eigenvalue weighted by molar-refractivity contribution is -0.136. The van der Waals surface area contributed by atoms with E-state index in [1.165, 1.54) is 0 Å². The second-order valence-corrected chi connectivity index (χ2v) is 16.6. The van der Waals surface area contributed by atoms with Crippen LogP contribution in [0.1, 0.15) is 69.7 Å². The Morgan fingerprint density at radius 2 is 1.63 bits per heavy atom. The molecule has 4 saturated heterocycles. The lowest BCUT2D eigenvalue weighted by Crippen LogP contribution is -2.65. The van der Waals surface area contributed by atoms with E-state index < -0.39 is 29.7 Å². The lowest BCUT2D eigenvalue weighted by Gasteiger charge is -2.58. The van der Waals surface area contributed by atoms with E-state index in [9.17, 15) is 24.0 Å². The summed E-state index contributed by atoms with van der Waals surface area (Å²) < 4.78 is 6.06. The Bertz CT molecular complexity index is 2180. The van der Waals surface area contributed by atoms with Crippen LogP contribution in [-0.4, -0.2) is 125 Å². The average Bonchev–Trinajstić information content (AvgIpc) is 3.43. The fourth-order valence-electron chi connectivity index (χ4n) is 9.32. The van der Waals surface area contributed by atoms with Crippen LogP contribution in [0.25, 0.3) is 4.85 Å². The number of imide groups is 2. The predicted octanol–water partition coefficient (Wildman–Crippen LogP) is 3.80. The van der Waals surface area contributed by atoms with Crippen LogP contribution < -0.4 is 19.9 Å². The number of hydrogen-bond donors (Lipinski definition) is 1. The van der Waals surface area contributed by atoms with Gasteiger partial charge in [-0.2, -0.15) is 0 Å². The van der Waals surface area contributed by atoms with Crippen LogP contribution in [0, 0.1) is 17.9 Å². The van der Waals surface area contributed by atoms with E-state index in [2.05, 4.69) is 35.1 Å². The van der Waals surface area contributed by atoms with E-state index in [4.69, 9.17) is 22.9 Å². The molecule has 1 unspecified atom stereocenters. The number of nitrogens with one attached hydrogen (secondary N) is 1. The van der Waals surface area contributed by atoms with Gasteiger partial charge in [-0.1, -0.05) is 17.7 Å². The number of carbonyl (C=O) groups is 5. The first-order chi connectivity index (χ1) is 27.6. The summed E-state index contributed by atoms with van der Waals surface area (Å²) in [7, 11) is 0. The predicted molar refractivity (Wildman–Crippen MR) is 208 cm³/mol. The van der Waals surface area contributed by atoms with E-state index in [0.29, 0.717) is 52.3 Å². The minimum atomic E-state index is -0.976. The smallest absolute Gasteiger partial charge is 0.274 e. The summed E-state index contributed by atoms with van der Waals surface area (Å²) >= 11 is 6.15. The molecule has 1 spiro atoms. The molecule has 1 aliphatic carbocycles. The first-order valence-electron chi connectivity index (χ1n) is 19.6. The standard InChI is InChI=1S/C41H42ClN9O6/c1-43-32-5-3-27(19-31(32)42)57-28-20-41(21-28)23-50(24-41)40(56)33-6-8-35(46-45-33)49-12-10-25(11-13-49)22-47-14-16-48(17-15-47)26-2-4-29-30(18-26)39(55)51(38(29)54)34-7-9-36(52)44-37(34)53/h2-6,8,18-19,25,28,34H,7,9-17,20-24H2,(H,44,52,53). The molecule has 6 aliphatic rings. The Kier molecular flexibility index (Phi) is 9.56. The van der Waals surface area contributed by atoms with E-state index in [1.54, 1.807) is 36.4 Å². The molecule has 57 heavy (non-hydrogen) atoms. The van der Waals surface area contributed by atoms with Crippen LogP contribution in [0.2, 0.25) is 5.02 Å². The molecule has 1 atom stereocenters. The fourth-order valence-corrected chi connectivity index (χ4v) is 9.54. The summed E-state index contributed by atoms with van der Waals surface area (Å²) in [6.07, 6.45) is 4.10. The van der Waals surface area contributed by atoms with Gasteiger partial charge in [0.1, 0.15) is 17.9 Å². The highest BCUT2D eigenvalue weighted by Crippen LogP contribution is 2.50. The van der Waals surface area contributed by atoms with Gasteiger partial charge in [0.25, 0.3) is 17.7 Å². The van der Waals surface area contributed by atoms with Gasteiger partial charge in [0.05, 0.1) is 22.7 Å². The van der Waals surface area contributed by atoms with E-state index >= 15 is 0 Å². The van der Waals surface area contributed by atoms with E-state index in [0.717, 1.165) is 87.9 Å². The summed E-state index contributed by atoms with van der Waals surface area (Å²) in [5, 5.41) is 11.4. The summed E-state index contributed by atoms with van der Waals surface area (Å²) in [4.78, 5) is 76.8. The monoisotopic (exact) mass is 791 g/mol. The highest BCUT2D eigenvalue weighted by atomic mass is 35.5. The Labute approximate surface area is 334 Å². The van der Waals surface area contributed by atoms with Gasteiger partial charge in [0.2, 0.25) is 17.5 Å². The minimum Gasteiger partial charge on any atom is -0.490 e. The molecule has 5 fully saturated rings. The van der Waals surface area contributed by atoms with Gasteiger partial charge in [-0.25, -0.2) is 4.85 Å². The number of hydrogen-bond acceptors (Lipinski definition) is 11. The largest absolute Gasteiger partial charge is 0.490 e. The zero-order chi connectivity index (χ0) is 39.4. The summed E-state index contributed by atoms with van der Waals surface area (Å²) in [5.74, 6) is -0.0782. The summed E-state index contributed by atoms with van der Waals surface area (Å²) in [6, 6.07) is 13.1. The molecule has 15 nitrogen and oxygen atoms in total. The molecule has 2 aromatic carbocycles. The first-order valence-corrected chi connectivity index (χ1v) is 20.0. The minimum absolute atomic E-state index is 0.0692. The molecule has 5 aliphatic heterocycles. The topological polar surface area (TPSA) is 153 Å². The number of amides is 5. The number of anilines is 2. The molecule has 294 valence electrons. The van der Waals surface area contributed by atoms with Crippen molar-refractivity contribution < 1.29 is 28.7 Å². The van der Waals surface area contributed by atoms with Gasteiger partial charge < -0.3 is 19.4 Å². The third-order valence-electron chi connectivity index (χ3n) is 12.5. The fraction of sp³-hybridized carbons (Fsp3) is 0.463. The van der Waals surface area contributed by atoms with Crippen molar-refractivity contribution in [2.75, 3.05) is 68.7 Å². The summed E-state index contributed by atoms with van der Waals surface area (Å²) in [5.41, 5.74) is 2.32. The SMILES string of the molecule is [C-]#[N+]c1ccc(OC2CC3(C2)CN(C(=O)c2ccc(N4CCC(CN5CCN(c6ccc7c(c6)C(=O)N(C6CCC(=O)NC6=O)C7=O)CC5)CC4)nn2)C3)cc1Cl. The van der Waals surface area contributed by atoms with Crippen LogP contribution >= 0.6 is 11.6 Å². The average molecular weight is 792 g/mol. The van der Waals surface area contributed by atoms with Crippen molar-refractivity contribution >= 4 is 58.3 Å². The summed E-state index contributed by atoms with van der Waals surface area (Å²) in [6.45, 7) is 14.6. The Balaban J connectivity index is 0.700. The van der Waals surface area contributed by atoms with Crippen molar-refractivity contribution in [2.45, 2.75) is 50.7 Å². The quantitative estimate of drug-likeness (QED) is 0.262. The number of nitrogens with zero attached hydrogens (tertiary/aromatic N) is 8. The third-order valence-corrected chi connectivity index (χ3v) is 12.8. The number of piperidine rings is 2. The molecule has 6 heterocycles. The maximum Gasteiger partial charge on any atom is 0.274 e. The Hall–Kier alpha value is -5.59. The van der Waals surface area contributed by atoms with Gasteiger partial charge in [-0.15, -0.1) is 10.2 Å². The van der Waals surface area contributed by atoms with Crippen molar-refractivity contribution in [1.82, 2.24) is 30.2 Å². The van der Waals surface area contributed by atoms with Gasteiger partial charge >= 0.3 is 0 Å². The van der Waals surface area contributed by atoms with Gasteiger partial charge in [0.15, 0.2) is 11.5 Å². The molecular weight excluding hydrogens is 750 g/mol. The zero-order valence-corrected chi connectivity index (χ0v) is 32.1. The second kappa shape index (κ2) is 14.7. The number of carbonyl (C=O) groups excluding carboxylic acids is 5. The number of likely N-dealkylation sites (tertiary alicyclic amines) is 1. The third kappa shape index (κ3) is 7.05.